The van der Waals surface area contributed by atoms with Gasteiger partial charge in [0, 0.05) is 12.4 Å². The second-order valence-corrected chi connectivity index (χ2v) is 8.32. The lowest BCUT2D eigenvalue weighted by Gasteiger charge is -2.28. The molecule has 0 spiro atoms. The highest BCUT2D eigenvalue weighted by Gasteiger charge is 2.30. The molecule has 3 rings (SSSR count). The Morgan fingerprint density at radius 1 is 1.10 bits per heavy atom. The van der Waals surface area contributed by atoms with Crippen LogP contribution in [-0.2, 0) is 16.6 Å². The molecule has 1 amide bonds. The van der Waals surface area contributed by atoms with Gasteiger partial charge in [-0.05, 0) is 60.5 Å². The molecular weight excluding hydrogens is 406 g/mol. The summed E-state index contributed by atoms with van der Waals surface area (Å²) < 4.78 is 33.5. The fourth-order valence-electron chi connectivity index (χ4n) is 3.05. The van der Waals surface area contributed by atoms with E-state index in [-0.39, 0.29) is 22.7 Å². The summed E-state index contributed by atoms with van der Waals surface area (Å²) in [5.41, 5.74) is 3.03. The molecule has 0 saturated carbocycles. The number of ether oxygens (including phenoxy) is 1. The van der Waals surface area contributed by atoms with E-state index in [9.17, 15) is 13.2 Å². The fourth-order valence-corrected chi connectivity index (χ4v) is 4.58. The van der Waals surface area contributed by atoms with Crippen molar-refractivity contribution in [3.8, 4) is 5.75 Å². The summed E-state index contributed by atoms with van der Waals surface area (Å²) in [4.78, 5) is 16.3. The van der Waals surface area contributed by atoms with Crippen LogP contribution in [0.4, 0.5) is 5.69 Å². The largest absolute Gasteiger partial charge is 0.497 e. The summed E-state index contributed by atoms with van der Waals surface area (Å²) in [7, 11) is -2.58. The zero-order valence-electron chi connectivity index (χ0n) is 16.4. The van der Waals surface area contributed by atoms with Gasteiger partial charge in [0.2, 0.25) is 0 Å². The van der Waals surface area contributed by atoms with Crippen molar-refractivity contribution in [2.75, 3.05) is 11.4 Å². The number of pyridine rings is 1. The summed E-state index contributed by atoms with van der Waals surface area (Å²) >= 11 is 0. The van der Waals surface area contributed by atoms with Gasteiger partial charge < -0.3 is 4.74 Å². The molecule has 2 N–H and O–H groups in total. The fraction of sp³-hybridized carbons (Fsp3) is 0.143. The predicted octanol–water partition coefficient (Wildman–Crippen LogP) is 2.91. The lowest BCUT2D eigenvalue weighted by atomic mass is 10.1. The molecule has 0 bridgehead atoms. The second-order valence-electron chi connectivity index (χ2n) is 6.45. The molecule has 0 unspecified atom stereocenters. The van der Waals surface area contributed by atoms with Crippen LogP contribution in [0, 0.1) is 6.92 Å². The number of aromatic nitrogens is 1. The summed E-state index contributed by atoms with van der Waals surface area (Å²) in [5, 5.41) is 9.16. The quantitative estimate of drug-likeness (QED) is 0.443. The number of carbonyl (C=O) groups is 1. The number of carbonyl (C=O) groups excluding carboxylic acids is 1. The molecule has 0 aliphatic carbocycles. The minimum absolute atomic E-state index is 0.0312. The Kier molecular flexibility index (Phi) is 6.34. The van der Waals surface area contributed by atoms with Crippen LogP contribution in [0.2, 0.25) is 0 Å². The molecule has 0 fully saturated rings. The minimum atomic E-state index is -4.07. The number of anilines is 1. The van der Waals surface area contributed by atoms with Gasteiger partial charge in [0.15, 0.2) is 0 Å². The van der Waals surface area contributed by atoms with Crippen molar-refractivity contribution in [3.63, 3.8) is 0 Å². The highest BCUT2D eigenvalue weighted by molar-refractivity contribution is 7.92. The van der Waals surface area contributed by atoms with Crippen LogP contribution in [0.1, 0.15) is 21.5 Å². The highest BCUT2D eigenvalue weighted by Crippen LogP contribution is 2.32. The van der Waals surface area contributed by atoms with Crippen molar-refractivity contribution in [2.45, 2.75) is 18.4 Å². The van der Waals surface area contributed by atoms with E-state index in [2.05, 4.69) is 4.98 Å². The topological polar surface area (TPSA) is 109 Å². The van der Waals surface area contributed by atoms with Crippen LogP contribution < -0.4 is 14.5 Å². The molecule has 30 heavy (non-hydrogen) atoms. The average molecular weight is 427 g/mol. The third-order valence-electron chi connectivity index (χ3n) is 4.56. The number of hydroxylamine groups is 1. The number of amides is 1. The molecule has 1 aromatic heterocycles. The Morgan fingerprint density at radius 3 is 2.37 bits per heavy atom. The van der Waals surface area contributed by atoms with E-state index in [1.165, 1.54) is 25.3 Å². The van der Waals surface area contributed by atoms with Crippen molar-refractivity contribution >= 4 is 21.6 Å². The number of rotatable bonds is 7. The molecule has 1 heterocycles. The zero-order chi connectivity index (χ0) is 21.7. The molecule has 3 aromatic rings. The molecule has 156 valence electrons. The Hall–Kier alpha value is -3.43. The van der Waals surface area contributed by atoms with Crippen LogP contribution in [0.5, 0.6) is 5.75 Å². The predicted molar refractivity (Wildman–Crippen MR) is 111 cm³/mol. The van der Waals surface area contributed by atoms with E-state index in [1.807, 2.05) is 0 Å². The number of nitrogens with one attached hydrogen (secondary N) is 1. The number of para-hydroxylation sites is 1. The Labute approximate surface area is 174 Å². The van der Waals surface area contributed by atoms with Gasteiger partial charge in [0.1, 0.15) is 5.75 Å². The maximum absolute atomic E-state index is 13.6. The molecular formula is C21H21N3O5S. The summed E-state index contributed by atoms with van der Waals surface area (Å²) in [6, 6.07) is 14.2. The van der Waals surface area contributed by atoms with Gasteiger partial charge in [0.05, 0.1) is 29.8 Å². The molecule has 8 nitrogen and oxygen atoms in total. The maximum Gasteiger partial charge on any atom is 0.276 e. The number of hydrogen-bond acceptors (Lipinski definition) is 6. The number of benzene rings is 2. The molecule has 2 aromatic carbocycles. The van der Waals surface area contributed by atoms with E-state index in [0.29, 0.717) is 16.9 Å². The van der Waals surface area contributed by atoms with Gasteiger partial charge in [-0.25, -0.2) is 13.9 Å². The van der Waals surface area contributed by atoms with Gasteiger partial charge in [-0.3, -0.25) is 19.3 Å². The van der Waals surface area contributed by atoms with Crippen molar-refractivity contribution in [3.05, 3.63) is 83.7 Å². The standard InChI is InChI=1S/C21H21N3O5S/c1-15-4-3-5-19(21(25)23-26)20(15)24(14-16-10-12-22-13-11-16)30(27,28)18-8-6-17(29-2)7-9-18/h3-13,26H,14H2,1-2H3,(H,23,25). The van der Waals surface area contributed by atoms with Gasteiger partial charge in [-0.2, -0.15) is 0 Å². The van der Waals surface area contributed by atoms with Crippen LogP contribution in [0.3, 0.4) is 0 Å². The Balaban J connectivity index is 2.20. The molecule has 0 radical (unpaired) electrons. The first-order chi connectivity index (χ1) is 14.4. The van der Waals surface area contributed by atoms with Crippen molar-refractivity contribution in [1.82, 2.24) is 10.5 Å². The molecule has 9 heteroatoms. The lowest BCUT2D eigenvalue weighted by molar-refractivity contribution is 0.0707. The van der Waals surface area contributed by atoms with E-state index in [0.717, 1.165) is 4.31 Å². The molecule has 0 aliphatic heterocycles. The van der Waals surface area contributed by atoms with Crippen molar-refractivity contribution in [1.29, 1.82) is 0 Å². The van der Waals surface area contributed by atoms with E-state index in [1.54, 1.807) is 61.2 Å². The minimum Gasteiger partial charge on any atom is -0.497 e. The Morgan fingerprint density at radius 2 is 1.77 bits per heavy atom. The SMILES string of the molecule is COc1ccc(S(=O)(=O)N(Cc2ccncc2)c2c(C)cccc2C(=O)NO)cc1. The normalized spacial score (nSPS) is 11.0. The summed E-state index contributed by atoms with van der Waals surface area (Å²) in [6.07, 6.45) is 3.12. The van der Waals surface area contributed by atoms with Gasteiger partial charge in [-0.15, -0.1) is 0 Å². The first kappa shape index (κ1) is 21.3. The van der Waals surface area contributed by atoms with E-state index >= 15 is 0 Å². The Bertz CT molecular complexity index is 1130. The van der Waals surface area contributed by atoms with Crippen molar-refractivity contribution in [2.24, 2.45) is 0 Å². The summed E-state index contributed by atoms with van der Waals surface area (Å²) in [5.74, 6) is -0.288. The lowest BCUT2D eigenvalue weighted by Crippen LogP contribution is -2.33. The van der Waals surface area contributed by atoms with E-state index in [4.69, 9.17) is 9.94 Å². The van der Waals surface area contributed by atoms with Gasteiger partial charge in [0.25, 0.3) is 15.9 Å². The number of methoxy groups -OCH3 is 1. The van der Waals surface area contributed by atoms with Crippen molar-refractivity contribution < 1.29 is 23.2 Å². The summed E-state index contributed by atoms with van der Waals surface area (Å²) in [6.45, 7) is 1.67. The third-order valence-corrected chi connectivity index (χ3v) is 6.32. The average Bonchev–Trinajstić information content (AvgIpc) is 2.77. The monoisotopic (exact) mass is 427 g/mol. The smallest absolute Gasteiger partial charge is 0.276 e. The maximum atomic E-state index is 13.6. The first-order valence-electron chi connectivity index (χ1n) is 8.98. The third kappa shape index (κ3) is 4.27. The van der Waals surface area contributed by atoms with Crippen LogP contribution in [0.25, 0.3) is 0 Å². The van der Waals surface area contributed by atoms with Gasteiger partial charge in [-0.1, -0.05) is 12.1 Å². The number of aryl methyl sites for hydroxylation is 1. The number of sulfonamides is 1. The van der Waals surface area contributed by atoms with Crippen LogP contribution in [-0.4, -0.2) is 31.6 Å². The van der Waals surface area contributed by atoms with Gasteiger partial charge >= 0.3 is 0 Å². The van der Waals surface area contributed by atoms with Crippen LogP contribution in [0.15, 0.2) is 71.9 Å². The number of nitrogens with zero attached hydrogens (tertiary/aromatic N) is 2. The first-order valence-corrected chi connectivity index (χ1v) is 10.4. The highest BCUT2D eigenvalue weighted by atomic mass is 32.2. The number of hydrogen-bond donors (Lipinski definition) is 2. The van der Waals surface area contributed by atoms with Crippen LogP contribution >= 0.6 is 0 Å². The second kappa shape index (κ2) is 8.93. The molecule has 0 aliphatic rings. The zero-order valence-corrected chi connectivity index (χ0v) is 17.3. The van der Waals surface area contributed by atoms with E-state index < -0.39 is 15.9 Å². The molecule has 0 atom stereocenters. The molecule has 0 saturated heterocycles.